The number of hydrogen-bond donors (Lipinski definition) is 2. The van der Waals surface area contributed by atoms with Crippen molar-refractivity contribution in [2.45, 2.75) is 45.6 Å². The number of hydrogen-bond acceptors (Lipinski definition) is 6. The van der Waals surface area contributed by atoms with Crippen molar-refractivity contribution >= 4 is 29.1 Å². The highest BCUT2D eigenvalue weighted by Gasteiger charge is 2.33. The van der Waals surface area contributed by atoms with Gasteiger partial charge in [-0.3, -0.25) is 4.79 Å². The molecular formula is C29H32N6O3. The van der Waals surface area contributed by atoms with Gasteiger partial charge in [-0.05, 0) is 74.9 Å². The number of phenolic OH excluding ortho intramolecular Hbond substituents is 1. The third kappa shape index (κ3) is 4.31. The maximum Gasteiger partial charge on any atom is 0.322 e. The van der Waals surface area contributed by atoms with Gasteiger partial charge < -0.3 is 25.1 Å². The van der Waals surface area contributed by atoms with Gasteiger partial charge in [0.15, 0.2) is 0 Å². The number of piperidine rings is 1. The Morgan fingerprint density at radius 1 is 0.974 bits per heavy atom. The van der Waals surface area contributed by atoms with Crippen molar-refractivity contribution in [3.8, 4) is 5.75 Å². The number of rotatable bonds is 3. The van der Waals surface area contributed by atoms with E-state index in [1.165, 1.54) is 17.5 Å². The van der Waals surface area contributed by atoms with Crippen molar-refractivity contribution in [2.24, 2.45) is 0 Å². The quantitative estimate of drug-likeness (QED) is 0.513. The number of benzene rings is 2. The second-order valence-corrected chi connectivity index (χ2v) is 10.4. The van der Waals surface area contributed by atoms with Crippen LogP contribution >= 0.6 is 0 Å². The van der Waals surface area contributed by atoms with Crippen LogP contribution in [-0.2, 0) is 12.8 Å². The van der Waals surface area contributed by atoms with Crippen molar-refractivity contribution in [1.29, 1.82) is 0 Å². The van der Waals surface area contributed by atoms with E-state index in [0.717, 1.165) is 60.7 Å². The number of aryl methyl sites for hydroxylation is 1. The van der Waals surface area contributed by atoms with Gasteiger partial charge in [0.05, 0.1) is 0 Å². The molecule has 1 saturated heterocycles. The Hall–Kier alpha value is -4.14. The second-order valence-electron chi connectivity index (χ2n) is 10.4. The summed E-state index contributed by atoms with van der Waals surface area (Å²) < 4.78 is 0. The molecule has 0 bridgehead atoms. The van der Waals surface area contributed by atoms with E-state index in [0.29, 0.717) is 25.2 Å². The number of phenols is 1. The molecule has 0 spiro atoms. The van der Waals surface area contributed by atoms with Crippen molar-refractivity contribution in [3.05, 3.63) is 70.7 Å². The van der Waals surface area contributed by atoms with E-state index in [-0.39, 0.29) is 23.7 Å². The standard InChI is InChI=1S/C29H32N6O3/c1-18-3-6-25-21(15-18)8-14-35(25)28(37)26-19(2)27(31-17-30-26)33-11-9-22(10-12-33)34-13-7-20-16-23(36)4-5-24(20)32-29(34)38/h3-6,15-17,22,36H,7-14H2,1-2H3,(H,32,38). The van der Waals surface area contributed by atoms with Gasteiger partial charge in [-0.15, -0.1) is 0 Å². The second kappa shape index (κ2) is 9.63. The minimum Gasteiger partial charge on any atom is -0.508 e. The minimum absolute atomic E-state index is 0.0875. The lowest BCUT2D eigenvalue weighted by Crippen LogP contribution is -2.49. The fourth-order valence-corrected chi connectivity index (χ4v) is 6.02. The molecule has 3 amide bonds. The van der Waals surface area contributed by atoms with Crippen LogP contribution < -0.4 is 15.1 Å². The number of nitrogens with zero attached hydrogens (tertiary/aromatic N) is 5. The zero-order chi connectivity index (χ0) is 26.4. The Morgan fingerprint density at radius 3 is 2.58 bits per heavy atom. The normalized spacial score (nSPS) is 17.6. The van der Waals surface area contributed by atoms with Crippen LogP contribution in [0.1, 0.15) is 45.6 Å². The van der Waals surface area contributed by atoms with Crippen molar-refractivity contribution in [3.63, 3.8) is 0 Å². The van der Waals surface area contributed by atoms with Gasteiger partial charge >= 0.3 is 6.03 Å². The Morgan fingerprint density at radius 2 is 1.76 bits per heavy atom. The van der Waals surface area contributed by atoms with E-state index in [4.69, 9.17) is 0 Å². The summed E-state index contributed by atoms with van der Waals surface area (Å²) >= 11 is 0. The Labute approximate surface area is 222 Å². The summed E-state index contributed by atoms with van der Waals surface area (Å²) in [7, 11) is 0. The van der Waals surface area contributed by atoms with Crippen molar-refractivity contribution in [2.75, 3.05) is 41.3 Å². The van der Waals surface area contributed by atoms with Crippen LogP contribution in [0.2, 0.25) is 0 Å². The molecule has 9 heteroatoms. The van der Waals surface area contributed by atoms with Gasteiger partial charge in [-0.2, -0.15) is 0 Å². The third-order valence-corrected chi connectivity index (χ3v) is 8.05. The van der Waals surface area contributed by atoms with Crippen molar-refractivity contribution in [1.82, 2.24) is 14.9 Å². The van der Waals surface area contributed by atoms with Crippen LogP contribution in [0.5, 0.6) is 5.75 Å². The van der Waals surface area contributed by atoms with Crippen LogP contribution in [0.4, 0.5) is 22.0 Å². The largest absolute Gasteiger partial charge is 0.508 e. The molecule has 0 saturated carbocycles. The summed E-state index contributed by atoms with van der Waals surface area (Å²) in [5.74, 6) is 0.908. The zero-order valence-electron chi connectivity index (χ0n) is 21.8. The predicted molar refractivity (Wildman–Crippen MR) is 146 cm³/mol. The number of carbonyl (C=O) groups excluding carboxylic acids is 2. The first kappa shape index (κ1) is 24.2. The fraction of sp³-hybridized carbons (Fsp3) is 0.379. The molecule has 196 valence electrons. The molecule has 9 nitrogen and oxygen atoms in total. The van der Waals surface area contributed by atoms with E-state index in [9.17, 15) is 14.7 Å². The van der Waals surface area contributed by atoms with E-state index >= 15 is 0 Å². The molecule has 2 N–H and O–H groups in total. The molecule has 1 fully saturated rings. The van der Waals surface area contributed by atoms with Crippen LogP contribution in [0.3, 0.4) is 0 Å². The molecule has 6 rings (SSSR count). The van der Waals surface area contributed by atoms with E-state index in [1.807, 2.05) is 28.9 Å². The average molecular weight is 513 g/mol. The SMILES string of the molecule is Cc1ccc2c(c1)CCN2C(=O)c1ncnc(N2CCC(N3CCc4cc(O)ccc4NC3=O)CC2)c1C. The molecule has 3 aliphatic rings. The van der Waals surface area contributed by atoms with Crippen LogP contribution in [0.25, 0.3) is 0 Å². The van der Waals surface area contributed by atoms with Gasteiger partial charge in [0, 0.05) is 49.2 Å². The van der Waals surface area contributed by atoms with Crippen molar-refractivity contribution < 1.29 is 14.7 Å². The topological polar surface area (TPSA) is 102 Å². The molecule has 3 aromatic rings. The van der Waals surface area contributed by atoms with Crippen LogP contribution in [-0.4, -0.2) is 64.1 Å². The molecular weight excluding hydrogens is 480 g/mol. The molecule has 3 aliphatic heterocycles. The van der Waals surface area contributed by atoms with Gasteiger partial charge in [-0.1, -0.05) is 17.7 Å². The van der Waals surface area contributed by atoms with Crippen LogP contribution in [0.15, 0.2) is 42.7 Å². The maximum atomic E-state index is 13.5. The summed E-state index contributed by atoms with van der Waals surface area (Å²) in [6.07, 6.45) is 4.64. The lowest BCUT2D eigenvalue weighted by Gasteiger charge is -2.38. The summed E-state index contributed by atoms with van der Waals surface area (Å²) in [5, 5.41) is 12.8. The molecule has 4 heterocycles. The molecule has 1 aromatic heterocycles. The minimum atomic E-state index is -0.0972. The maximum absolute atomic E-state index is 13.5. The predicted octanol–water partition coefficient (Wildman–Crippen LogP) is 4.06. The van der Waals surface area contributed by atoms with E-state index < -0.39 is 0 Å². The first-order valence-corrected chi connectivity index (χ1v) is 13.3. The molecule has 0 radical (unpaired) electrons. The van der Waals surface area contributed by atoms with E-state index in [1.54, 1.807) is 18.2 Å². The van der Waals surface area contributed by atoms with Gasteiger partial charge in [0.25, 0.3) is 5.91 Å². The molecule has 0 atom stereocenters. The smallest absolute Gasteiger partial charge is 0.322 e. The number of anilines is 3. The first-order valence-electron chi connectivity index (χ1n) is 13.3. The number of amides is 3. The fourth-order valence-electron chi connectivity index (χ4n) is 6.02. The molecule has 38 heavy (non-hydrogen) atoms. The summed E-state index contributed by atoms with van der Waals surface area (Å²) in [4.78, 5) is 41.4. The number of fused-ring (bicyclic) bond motifs is 2. The number of aromatic hydroxyl groups is 1. The zero-order valence-corrected chi connectivity index (χ0v) is 21.8. The van der Waals surface area contributed by atoms with Gasteiger partial charge in [0.2, 0.25) is 0 Å². The molecule has 0 unspecified atom stereocenters. The van der Waals surface area contributed by atoms with Crippen LogP contribution in [0, 0.1) is 13.8 Å². The average Bonchev–Trinajstić information content (AvgIpc) is 3.25. The highest BCUT2D eigenvalue weighted by Crippen LogP contribution is 2.32. The third-order valence-electron chi connectivity index (χ3n) is 8.05. The lowest BCUT2D eigenvalue weighted by atomic mass is 10.0. The molecule has 2 aromatic carbocycles. The number of urea groups is 1. The number of aromatic nitrogens is 2. The highest BCUT2D eigenvalue weighted by atomic mass is 16.3. The summed E-state index contributed by atoms with van der Waals surface area (Å²) in [6.45, 7) is 6.73. The van der Waals surface area contributed by atoms with Gasteiger partial charge in [-0.25, -0.2) is 14.8 Å². The van der Waals surface area contributed by atoms with E-state index in [2.05, 4.69) is 33.2 Å². The number of nitrogens with one attached hydrogen (secondary N) is 1. The summed E-state index contributed by atoms with van der Waals surface area (Å²) in [5.41, 5.74) is 6.31. The Balaban J connectivity index is 1.15. The Bertz CT molecular complexity index is 1420. The molecule has 0 aliphatic carbocycles. The lowest BCUT2D eigenvalue weighted by molar-refractivity contribution is 0.0983. The monoisotopic (exact) mass is 512 g/mol. The number of carbonyl (C=O) groups is 2. The summed E-state index contributed by atoms with van der Waals surface area (Å²) in [6, 6.07) is 11.3. The highest BCUT2D eigenvalue weighted by molar-refractivity contribution is 6.07. The first-order chi connectivity index (χ1) is 18.4. The Kier molecular flexibility index (Phi) is 6.13. The van der Waals surface area contributed by atoms with Gasteiger partial charge in [0.1, 0.15) is 23.6 Å².